The van der Waals surface area contributed by atoms with Crippen LogP contribution in [0.1, 0.15) is 37.3 Å². The number of carbonyl (C=O) groups is 3. The summed E-state index contributed by atoms with van der Waals surface area (Å²) in [6.07, 6.45) is 2.28. The molecule has 4 rings (SSSR count). The summed E-state index contributed by atoms with van der Waals surface area (Å²) in [4.78, 5) is 42.0. The normalized spacial score (nSPS) is 20.5. The Balaban J connectivity index is 1.51. The van der Waals surface area contributed by atoms with Crippen LogP contribution in [0.25, 0.3) is 0 Å². The lowest BCUT2D eigenvalue weighted by atomic mass is 9.87. The van der Waals surface area contributed by atoms with Crippen LogP contribution in [0.4, 0.5) is 4.79 Å². The molecule has 0 aromatic heterocycles. The Labute approximate surface area is 182 Å². The van der Waals surface area contributed by atoms with Gasteiger partial charge in [-0.1, -0.05) is 49.4 Å². The molecule has 0 spiro atoms. The van der Waals surface area contributed by atoms with Gasteiger partial charge in [0.15, 0.2) is 0 Å². The average molecular weight is 421 g/mol. The molecule has 1 aliphatic heterocycles. The van der Waals surface area contributed by atoms with Crippen molar-refractivity contribution in [1.82, 2.24) is 15.1 Å². The van der Waals surface area contributed by atoms with E-state index in [1.165, 1.54) is 0 Å². The van der Waals surface area contributed by atoms with Crippen molar-refractivity contribution in [3.8, 4) is 5.75 Å². The van der Waals surface area contributed by atoms with Crippen LogP contribution in [0.15, 0.2) is 54.6 Å². The summed E-state index contributed by atoms with van der Waals surface area (Å²) in [5, 5.41) is 2.84. The van der Waals surface area contributed by atoms with Crippen LogP contribution in [0.3, 0.4) is 0 Å². The summed E-state index contributed by atoms with van der Waals surface area (Å²) in [5.74, 6) is 0.158. The largest absolute Gasteiger partial charge is 0.497 e. The maximum absolute atomic E-state index is 13.3. The number of hydrogen-bond donors (Lipinski definition) is 1. The van der Waals surface area contributed by atoms with Crippen LogP contribution in [0, 0.1) is 0 Å². The van der Waals surface area contributed by atoms with Crippen molar-refractivity contribution >= 4 is 17.8 Å². The van der Waals surface area contributed by atoms with Crippen molar-refractivity contribution in [3.05, 3.63) is 65.7 Å². The second-order valence-electron chi connectivity index (χ2n) is 8.05. The van der Waals surface area contributed by atoms with Crippen molar-refractivity contribution in [3.63, 3.8) is 0 Å². The lowest BCUT2D eigenvalue weighted by molar-refractivity contribution is -0.140. The van der Waals surface area contributed by atoms with E-state index in [0.717, 1.165) is 34.6 Å². The lowest BCUT2D eigenvalue weighted by Crippen LogP contribution is -2.46. The van der Waals surface area contributed by atoms with Crippen molar-refractivity contribution < 1.29 is 19.1 Å². The lowest BCUT2D eigenvalue weighted by Gasteiger charge is -2.27. The first-order valence-electron chi connectivity index (χ1n) is 10.6. The van der Waals surface area contributed by atoms with E-state index in [9.17, 15) is 14.4 Å². The second-order valence-corrected chi connectivity index (χ2v) is 8.05. The zero-order valence-corrected chi connectivity index (χ0v) is 17.8. The fourth-order valence-corrected chi connectivity index (χ4v) is 4.09. The summed E-state index contributed by atoms with van der Waals surface area (Å²) in [5.41, 5.74) is 0.576. The van der Waals surface area contributed by atoms with Gasteiger partial charge in [0.05, 0.1) is 7.11 Å². The van der Waals surface area contributed by atoms with Gasteiger partial charge in [-0.3, -0.25) is 14.5 Å². The monoisotopic (exact) mass is 421 g/mol. The number of rotatable bonds is 8. The Morgan fingerprint density at radius 2 is 1.81 bits per heavy atom. The van der Waals surface area contributed by atoms with E-state index in [2.05, 4.69) is 5.32 Å². The quantitative estimate of drug-likeness (QED) is 0.665. The van der Waals surface area contributed by atoms with Crippen molar-refractivity contribution in [2.75, 3.05) is 13.7 Å². The highest BCUT2D eigenvalue weighted by molar-refractivity contribution is 6.09. The fourth-order valence-electron chi connectivity index (χ4n) is 4.09. The van der Waals surface area contributed by atoms with Gasteiger partial charge in [-0.25, -0.2) is 4.79 Å². The van der Waals surface area contributed by atoms with Crippen LogP contribution >= 0.6 is 0 Å². The molecule has 1 atom stereocenters. The Morgan fingerprint density at radius 3 is 2.39 bits per heavy atom. The number of carbonyl (C=O) groups excluding carboxylic acids is 3. The first-order chi connectivity index (χ1) is 15.0. The molecule has 2 aliphatic rings. The second kappa shape index (κ2) is 8.41. The molecule has 1 N–H and O–H groups in total. The van der Waals surface area contributed by atoms with Gasteiger partial charge in [-0.15, -0.1) is 0 Å². The Kier molecular flexibility index (Phi) is 5.67. The summed E-state index contributed by atoms with van der Waals surface area (Å²) >= 11 is 0. The SMILES string of the molecule is CCC1(c2ccccc2)NC(=O)N(CC(=O)N(Cc2ccc(OC)cc2)C2CC2)C1=O. The van der Waals surface area contributed by atoms with Gasteiger partial charge in [0.1, 0.15) is 17.8 Å². The number of ether oxygens (including phenoxy) is 1. The number of urea groups is 1. The molecule has 1 saturated carbocycles. The van der Waals surface area contributed by atoms with E-state index < -0.39 is 11.6 Å². The number of nitrogens with one attached hydrogen (secondary N) is 1. The summed E-state index contributed by atoms with van der Waals surface area (Å²) in [6.45, 7) is 2.04. The molecular formula is C24H27N3O4. The third-order valence-corrected chi connectivity index (χ3v) is 6.09. The van der Waals surface area contributed by atoms with Crippen LogP contribution in [-0.4, -0.2) is 47.3 Å². The van der Waals surface area contributed by atoms with Crippen LogP contribution in [0.5, 0.6) is 5.75 Å². The first-order valence-corrected chi connectivity index (χ1v) is 10.6. The molecule has 0 radical (unpaired) electrons. The fraction of sp³-hybridized carbons (Fsp3) is 0.375. The molecule has 7 heteroatoms. The van der Waals surface area contributed by atoms with Gasteiger partial charge in [-0.2, -0.15) is 0 Å². The highest BCUT2D eigenvalue weighted by atomic mass is 16.5. The standard InChI is InChI=1S/C24H27N3O4/c1-3-24(18-7-5-4-6-8-18)22(29)27(23(30)25-24)16-21(28)26(19-11-12-19)15-17-9-13-20(31-2)14-10-17/h4-10,13-14,19H,3,11-12,15-16H2,1-2H3,(H,25,30). The van der Waals surface area contributed by atoms with E-state index in [1.807, 2.05) is 61.5 Å². The smallest absolute Gasteiger partial charge is 0.325 e. The molecule has 2 fully saturated rings. The third-order valence-electron chi connectivity index (χ3n) is 6.09. The predicted octanol–water partition coefficient (Wildman–Crippen LogP) is 3.04. The molecule has 2 aromatic carbocycles. The zero-order chi connectivity index (χ0) is 22.0. The van der Waals surface area contributed by atoms with Crippen molar-refractivity contribution in [1.29, 1.82) is 0 Å². The van der Waals surface area contributed by atoms with E-state index >= 15 is 0 Å². The minimum Gasteiger partial charge on any atom is -0.497 e. The van der Waals surface area contributed by atoms with Crippen LogP contribution in [0.2, 0.25) is 0 Å². The number of hydrogen-bond acceptors (Lipinski definition) is 4. The van der Waals surface area contributed by atoms with E-state index in [1.54, 1.807) is 12.0 Å². The van der Waals surface area contributed by atoms with Gasteiger partial charge >= 0.3 is 6.03 Å². The van der Waals surface area contributed by atoms with Gasteiger partial charge < -0.3 is 15.0 Å². The van der Waals surface area contributed by atoms with Crippen molar-refractivity contribution in [2.24, 2.45) is 0 Å². The Bertz CT molecular complexity index is 972. The van der Waals surface area contributed by atoms with E-state index in [0.29, 0.717) is 13.0 Å². The number of nitrogens with zero attached hydrogens (tertiary/aromatic N) is 2. The first kappa shape index (κ1) is 20.9. The van der Waals surface area contributed by atoms with Crippen LogP contribution < -0.4 is 10.1 Å². The molecule has 1 saturated heterocycles. The molecule has 162 valence electrons. The number of methoxy groups -OCH3 is 1. The molecule has 7 nitrogen and oxygen atoms in total. The zero-order valence-electron chi connectivity index (χ0n) is 17.8. The Morgan fingerprint density at radius 1 is 1.13 bits per heavy atom. The topological polar surface area (TPSA) is 79.0 Å². The highest BCUT2D eigenvalue weighted by Crippen LogP contribution is 2.33. The molecular weight excluding hydrogens is 394 g/mol. The number of benzene rings is 2. The minimum absolute atomic E-state index is 0.153. The molecule has 1 aliphatic carbocycles. The molecule has 2 aromatic rings. The highest BCUT2D eigenvalue weighted by Gasteiger charge is 2.52. The Hall–Kier alpha value is -3.35. The molecule has 31 heavy (non-hydrogen) atoms. The molecule has 1 heterocycles. The molecule has 1 unspecified atom stereocenters. The molecule has 4 amide bonds. The molecule has 0 bridgehead atoms. The minimum atomic E-state index is -1.13. The maximum atomic E-state index is 13.3. The maximum Gasteiger partial charge on any atom is 0.325 e. The van der Waals surface area contributed by atoms with Gasteiger partial charge in [-0.05, 0) is 42.5 Å². The van der Waals surface area contributed by atoms with Crippen molar-refractivity contribution in [2.45, 2.75) is 44.3 Å². The summed E-state index contributed by atoms with van der Waals surface area (Å²) in [7, 11) is 1.61. The predicted molar refractivity (Wildman–Crippen MR) is 115 cm³/mol. The average Bonchev–Trinajstić information content (AvgIpc) is 3.61. The van der Waals surface area contributed by atoms with Gasteiger partial charge in [0, 0.05) is 12.6 Å². The number of amides is 4. The van der Waals surface area contributed by atoms with E-state index in [4.69, 9.17) is 4.74 Å². The van der Waals surface area contributed by atoms with E-state index in [-0.39, 0.29) is 24.4 Å². The van der Waals surface area contributed by atoms with Crippen LogP contribution in [-0.2, 0) is 21.7 Å². The number of imide groups is 1. The summed E-state index contributed by atoms with van der Waals surface area (Å²) in [6, 6.07) is 16.4. The third kappa shape index (κ3) is 4.00. The summed E-state index contributed by atoms with van der Waals surface area (Å²) < 4.78 is 5.19. The van der Waals surface area contributed by atoms with Gasteiger partial charge in [0.2, 0.25) is 5.91 Å². The van der Waals surface area contributed by atoms with Gasteiger partial charge in [0.25, 0.3) is 5.91 Å².